The van der Waals surface area contributed by atoms with Crippen molar-refractivity contribution in [2.24, 2.45) is 0 Å². The first kappa shape index (κ1) is 14.0. The van der Waals surface area contributed by atoms with E-state index >= 15 is 0 Å². The van der Waals surface area contributed by atoms with Crippen molar-refractivity contribution >= 4 is 6.08 Å². The van der Waals surface area contributed by atoms with E-state index in [0.717, 1.165) is 6.54 Å². The zero-order chi connectivity index (χ0) is 12.7. The molecule has 0 aliphatic rings. The van der Waals surface area contributed by atoms with Crippen molar-refractivity contribution in [2.75, 3.05) is 6.54 Å². The van der Waals surface area contributed by atoms with Crippen LogP contribution in [0.2, 0.25) is 0 Å². The molecule has 0 radical (unpaired) electrons. The fourth-order valence-corrected chi connectivity index (χ4v) is 2.01. The molecule has 0 saturated heterocycles. The van der Waals surface area contributed by atoms with Gasteiger partial charge in [0.15, 0.2) is 0 Å². The molecule has 1 heteroatoms. The number of hydrogen-bond acceptors (Lipinski definition) is 1. The van der Waals surface area contributed by atoms with Gasteiger partial charge >= 0.3 is 0 Å². The first-order valence-corrected chi connectivity index (χ1v) is 6.62. The summed E-state index contributed by atoms with van der Waals surface area (Å²) in [7, 11) is 0. The van der Waals surface area contributed by atoms with Gasteiger partial charge in [0.1, 0.15) is 0 Å². The highest BCUT2D eigenvalue weighted by Gasteiger charge is 2.13. The van der Waals surface area contributed by atoms with Crippen LogP contribution in [0.4, 0.5) is 0 Å². The molecule has 1 rings (SSSR count). The van der Waals surface area contributed by atoms with Gasteiger partial charge in [-0.15, -0.1) is 0 Å². The fraction of sp³-hybridized carbons (Fsp3) is 0.500. The van der Waals surface area contributed by atoms with Gasteiger partial charge in [0.2, 0.25) is 0 Å². The number of nitrogens with zero attached hydrogens (tertiary/aromatic N) is 1. The Labute approximate surface area is 106 Å². The molecule has 94 valence electrons. The minimum atomic E-state index is 0.602. The van der Waals surface area contributed by atoms with Crippen LogP contribution in [0.1, 0.15) is 39.7 Å². The van der Waals surface area contributed by atoms with Crippen molar-refractivity contribution < 1.29 is 0 Å². The second kappa shape index (κ2) is 7.29. The zero-order valence-corrected chi connectivity index (χ0v) is 11.6. The molecule has 0 heterocycles. The lowest BCUT2D eigenvalue weighted by molar-refractivity contribution is 0.180. The first-order valence-electron chi connectivity index (χ1n) is 6.62. The first-order chi connectivity index (χ1) is 8.15. The van der Waals surface area contributed by atoms with Crippen molar-refractivity contribution in [1.29, 1.82) is 0 Å². The average molecular weight is 231 g/mol. The summed E-state index contributed by atoms with van der Waals surface area (Å²) in [6, 6.07) is 11.7. The standard InChI is InChI=1S/C16H25N/c1-5-15(4)17(14(2)3)13-9-12-16-10-7-6-8-11-16/h6-12,14-15H,5,13H2,1-4H3/b12-9+. The maximum absolute atomic E-state index is 2.53. The Morgan fingerprint density at radius 1 is 1.12 bits per heavy atom. The largest absolute Gasteiger partial charge is 0.295 e. The van der Waals surface area contributed by atoms with E-state index in [2.05, 4.69) is 75.1 Å². The molecule has 1 nitrogen and oxygen atoms in total. The molecule has 0 fully saturated rings. The third-order valence-corrected chi connectivity index (χ3v) is 3.25. The van der Waals surface area contributed by atoms with Crippen LogP contribution in [-0.4, -0.2) is 23.5 Å². The van der Waals surface area contributed by atoms with E-state index in [-0.39, 0.29) is 0 Å². The van der Waals surface area contributed by atoms with Gasteiger partial charge in [0, 0.05) is 18.6 Å². The molecule has 1 unspecified atom stereocenters. The Morgan fingerprint density at radius 3 is 2.29 bits per heavy atom. The summed E-state index contributed by atoms with van der Waals surface area (Å²) >= 11 is 0. The Kier molecular flexibility index (Phi) is 5.99. The molecule has 0 aliphatic carbocycles. The van der Waals surface area contributed by atoms with Gasteiger partial charge in [0.25, 0.3) is 0 Å². The highest BCUT2D eigenvalue weighted by atomic mass is 15.2. The molecular formula is C16H25N. The van der Waals surface area contributed by atoms with Crippen molar-refractivity contribution in [2.45, 2.75) is 46.2 Å². The number of hydrogen-bond donors (Lipinski definition) is 0. The van der Waals surface area contributed by atoms with E-state index in [0.29, 0.717) is 12.1 Å². The molecule has 17 heavy (non-hydrogen) atoms. The lowest BCUT2D eigenvalue weighted by Gasteiger charge is -2.31. The van der Waals surface area contributed by atoms with Crippen LogP contribution in [0, 0.1) is 0 Å². The summed E-state index contributed by atoms with van der Waals surface area (Å²) in [4.78, 5) is 2.53. The van der Waals surface area contributed by atoms with Crippen LogP contribution in [0.15, 0.2) is 36.4 Å². The second-order valence-corrected chi connectivity index (χ2v) is 4.86. The van der Waals surface area contributed by atoms with E-state index < -0.39 is 0 Å². The van der Waals surface area contributed by atoms with E-state index in [4.69, 9.17) is 0 Å². The lowest BCUT2D eigenvalue weighted by Crippen LogP contribution is -2.38. The Bertz CT molecular complexity index is 327. The predicted octanol–water partition coefficient (Wildman–Crippen LogP) is 4.21. The van der Waals surface area contributed by atoms with E-state index in [1.165, 1.54) is 12.0 Å². The third kappa shape index (κ3) is 4.74. The molecule has 0 amide bonds. The molecule has 0 spiro atoms. The summed E-state index contributed by atoms with van der Waals surface area (Å²) < 4.78 is 0. The smallest absolute Gasteiger partial charge is 0.0171 e. The van der Waals surface area contributed by atoms with Crippen molar-refractivity contribution in [1.82, 2.24) is 4.90 Å². The Hall–Kier alpha value is -1.08. The van der Waals surface area contributed by atoms with Gasteiger partial charge in [0.05, 0.1) is 0 Å². The maximum atomic E-state index is 2.53. The molecule has 1 atom stereocenters. The number of rotatable bonds is 6. The summed E-state index contributed by atoms with van der Waals surface area (Å²) in [6.45, 7) is 10.1. The SMILES string of the molecule is CCC(C)N(C/C=C/c1ccccc1)C(C)C. The molecule has 0 aromatic heterocycles. The minimum Gasteiger partial charge on any atom is -0.295 e. The lowest BCUT2D eigenvalue weighted by atomic mass is 10.1. The summed E-state index contributed by atoms with van der Waals surface area (Å²) in [5, 5.41) is 0. The predicted molar refractivity (Wildman–Crippen MR) is 77.1 cm³/mol. The van der Waals surface area contributed by atoms with Gasteiger partial charge in [-0.25, -0.2) is 0 Å². The zero-order valence-electron chi connectivity index (χ0n) is 11.6. The molecule has 0 N–H and O–H groups in total. The Balaban J connectivity index is 2.55. The average Bonchev–Trinajstić information content (AvgIpc) is 2.34. The second-order valence-electron chi connectivity index (χ2n) is 4.86. The molecule has 0 saturated carbocycles. The van der Waals surface area contributed by atoms with Crippen LogP contribution < -0.4 is 0 Å². The third-order valence-electron chi connectivity index (χ3n) is 3.25. The molecular weight excluding hydrogens is 206 g/mol. The summed E-state index contributed by atoms with van der Waals surface area (Å²) in [5.41, 5.74) is 1.28. The Morgan fingerprint density at radius 2 is 1.76 bits per heavy atom. The maximum Gasteiger partial charge on any atom is 0.0171 e. The fourth-order valence-electron chi connectivity index (χ4n) is 2.01. The molecule has 1 aromatic rings. The molecule has 0 bridgehead atoms. The topological polar surface area (TPSA) is 3.24 Å². The van der Waals surface area contributed by atoms with E-state index in [1.807, 2.05) is 0 Å². The summed E-state index contributed by atoms with van der Waals surface area (Å²) in [5.74, 6) is 0. The highest BCUT2D eigenvalue weighted by Crippen LogP contribution is 2.09. The highest BCUT2D eigenvalue weighted by molar-refractivity contribution is 5.48. The minimum absolute atomic E-state index is 0.602. The van der Waals surface area contributed by atoms with Crippen LogP contribution in [0.5, 0.6) is 0 Å². The van der Waals surface area contributed by atoms with Gasteiger partial charge in [-0.05, 0) is 32.8 Å². The van der Waals surface area contributed by atoms with Crippen molar-refractivity contribution in [3.63, 3.8) is 0 Å². The van der Waals surface area contributed by atoms with Gasteiger partial charge in [-0.2, -0.15) is 0 Å². The van der Waals surface area contributed by atoms with Gasteiger partial charge < -0.3 is 0 Å². The van der Waals surface area contributed by atoms with E-state index in [1.54, 1.807) is 0 Å². The van der Waals surface area contributed by atoms with E-state index in [9.17, 15) is 0 Å². The summed E-state index contributed by atoms with van der Waals surface area (Å²) in [6.07, 6.45) is 5.68. The van der Waals surface area contributed by atoms with Crippen LogP contribution in [0.25, 0.3) is 6.08 Å². The van der Waals surface area contributed by atoms with Gasteiger partial charge in [-0.1, -0.05) is 49.4 Å². The van der Waals surface area contributed by atoms with Crippen molar-refractivity contribution in [3.8, 4) is 0 Å². The number of benzene rings is 1. The molecule has 1 aromatic carbocycles. The quantitative estimate of drug-likeness (QED) is 0.709. The molecule has 0 aliphatic heterocycles. The van der Waals surface area contributed by atoms with Crippen LogP contribution in [0.3, 0.4) is 0 Å². The monoisotopic (exact) mass is 231 g/mol. The van der Waals surface area contributed by atoms with Crippen LogP contribution in [-0.2, 0) is 0 Å². The van der Waals surface area contributed by atoms with Crippen molar-refractivity contribution in [3.05, 3.63) is 42.0 Å². The van der Waals surface area contributed by atoms with Crippen LogP contribution >= 0.6 is 0 Å². The normalized spacial score (nSPS) is 13.8. The van der Waals surface area contributed by atoms with Gasteiger partial charge in [-0.3, -0.25) is 4.90 Å².